The van der Waals surface area contributed by atoms with Gasteiger partial charge in [-0.1, -0.05) is 0 Å². The number of carbonyl (C=O) groups is 1. The molecule has 0 spiro atoms. The molecular weight excluding hydrogens is 648 g/mol. The first kappa shape index (κ1) is 36.1. The zero-order valence-corrected chi connectivity index (χ0v) is 27.6. The molecule has 9 N–H and O–H groups in total. The molecule has 15 nitrogen and oxygen atoms in total. The molecule has 19 atom stereocenters. The first-order valence-electron chi connectivity index (χ1n) is 17.9. The molecule has 0 aromatic heterocycles. The Morgan fingerprint density at radius 1 is 0.857 bits per heavy atom. The monoisotopic (exact) mass is 700 g/mol. The van der Waals surface area contributed by atoms with Gasteiger partial charge in [-0.15, -0.1) is 0 Å². The number of rotatable bonds is 7. The van der Waals surface area contributed by atoms with Gasteiger partial charge < -0.3 is 69.6 Å². The standard InChI is InChI=1S/C34H52O15/c1-14-28(24(38)26(40)31(43)46-14)49-32-27(41)25(39)29(22(12-35)48-32)47-16-4-7-33(13-36)15(10-16)2-3-19-23(33)21(37)11-20-17(5-8-34(19,20)44)18-6-9-45-30(18)42/h6,14-17,19-29,31-32,35-41,43-44H,2-5,7-13H2,1H3. The van der Waals surface area contributed by atoms with Crippen LogP contribution in [0.4, 0.5) is 0 Å². The first-order chi connectivity index (χ1) is 23.3. The summed E-state index contributed by atoms with van der Waals surface area (Å²) in [6.45, 7) is 0.970. The van der Waals surface area contributed by atoms with Crippen LogP contribution in [0.25, 0.3) is 0 Å². The highest BCUT2D eigenvalue weighted by molar-refractivity contribution is 5.91. The Bertz CT molecular complexity index is 1250. The van der Waals surface area contributed by atoms with Crippen LogP contribution in [0.3, 0.4) is 0 Å². The Labute approximate surface area is 284 Å². The molecule has 49 heavy (non-hydrogen) atoms. The quantitative estimate of drug-likeness (QED) is 0.128. The van der Waals surface area contributed by atoms with Gasteiger partial charge in [0, 0.05) is 17.6 Å². The Kier molecular flexibility index (Phi) is 10.0. The predicted octanol–water partition coefficient (Wildman–Crippen LogP) is -2.17. The summed E-state index contributed by atoms with van der Waals surface area (Å²) in [7, 11) is 0. The number of aliphatic hydroxyl groups excluding tert-OH is 8. The lowest BCUT2D eigenvalue weighted by Crippen LogP contribution is -2.66. The van der Waals surface area contributed by atoms with E-state index in [1.54, 1.807) is 6.08 Å². The van der Waals surface area contributed by atoms with Gasteiger partial charge in [0.05, 0.1) is 30.5 Å². The van der Waals surface area contributed by atoms with E-state index in [1.807, 2.05) is 0 Å². The van der Waals surface area contributed by atoms with Gasteiger partial charge in [-0.2, -0.15) is 0 Å². The fraction of sp³-hybridized carbons (Fsp3) is 0.912. The van der Waals surface area contributed by atoms with E-state index in [1.165, 1.54) is 6.92 Å². The highest BCUT2D eigenvalue weighted by Crippen LogP contribution is 2.66. The van der Waals surface area contributed by atoms with Crippen LogP contribution in [0, 0.1) is 35.0 Å². The predicted molar refractivity (Wildman–Crippen MR) is 164 cm³/mol. The molecule has 15 heteroatoms. The van der Waals surface area contributed by atoms with E-state index in [0.717, 1.165) is 0 Å². The average molecular weight is 701 g/mol. The zero-order chi connectivity index (χ0) is 35.0. The number of carbonyl (C=O) groups excluding carboxylic acids is 1. The van der Waals surface area contributed by atoms with Crippen LogP contribution in [0.5, 0.6) is 0 Å². The molecule has 0 aromatic rings. The minimum Gasteiger partial charge on any atom is -0.458 e. The highest BCUT2D eigenvalue weighted by atomic mass is 16.7. The molecule has 7 aliphatic rings. The largest absolute Gasteiger partial charge is 0.458 e. The van der Waals surface area contributed by atoms with E-state index in [2.05, 4.69) is 0 Å². The molecule has 0 aromatic carbocycles. The van der Waals surface area contributed by atoms with E-state index >= 15 is 0 Å². The van der Waals surface area contributed by atoms with Crippen LogP contribution >= 0.6 is 0 Å². The van der Waals surface area contributed by atoms with Crippen molar-refractivity contribution < 1.29 is 74.4 Å². The lowest BCUT2D eigenvalue weighted by atomic mass is 9.44. The Balaban J connectivity index is 1.02. The van der Waals surface area contributed by atoms with E-state index < -0.39 is 91.2 Å². The van der Waals surface area contributed by atoms with E-state index in [4.69, 9.17) is 23.7 Å². The molecule has 19 unspecified atom stereocenters. The SMILES string of the molecule is CC1OC(O)C(O)C(O)C1OC1OC(CO)C(OC2CCC3(CO)C(CCC4C3C(O)CC3C(C5=CCOC5=O)CCC34O)C2)C(O)C1O. The summed E-state index contributed by atoms with van der Waals surface area (Å²) < 4.78 is 28.3. The summed E-state index contributed by atoms with van der Waals surface area (Å²) in [5.41, 5.74) is -1.14. The van der Waals surface area contributed by atoms with Crippen molar-refractivity contribution in [1.29, 1.82) is 0 Å². The van der Waals surface area contributed by atoms with Crippen LogP contribution < -0.4 is 0 Å². The maximum atomic E-state index is 12.4. The Hall–Kier alpha value is -1.31. The number of ether oxygens (including phenoxy) is 5. The summed E-state index contributed by atoms with van der Waals surface area (Å²) in [5.74, 6) is -1.45. The Morgan fingerprint density at radius 2 is 1.61 bits per heavy atom. The lowest BCUT2D eigenvalue weighted by molar-refractivity contribution is -0.357. The van der Waals surface area contributed by atoms with Crippen LogP contribution in [0.1, 0.15) is 58.3 Å². The van der Waals surface area contributed by atoms with Gasteiger partial charge in [0.15, 0.2) is 12.6 Å². The smallest absolute Gasteiger partial charge is 0.334 e. The number of fused-ring (bicyclic) bond motifs is 5. The van der Waals surface area contributed by atoms with Crippen LogP contribution in [-0.2, 0) is 28.5 Å². The lowest BCUT2D eigenvalue weighted by Gasteiger charge is -2.63. The average Bonchev–Trinajstić information content (AvgIpc) is 3.66. The maximum absolute atomic E-state index is 12.4. The van der Waals surface area contributed by atoms with Crippen LogP contribution in [0.15, 0.2) is 11.6 Å². The second kappa shape index (κ2) is 13.6. The molecule has 0 bridgehead atoms. The van der Waals surface area contributed by atoms with Crippen molar-refractivity contribution >= 4 is 5.97 Å². The van der Waals surface area contributed by atoms with E-state index in [-0.39, 0.29) is 48.8 Å². The number of aliphatic hydroxyl groups is 9. The van der Waals surface area contributed by atoms with Gasteiger partial charge in [0.1, 0.15) is 49.3 Å². The minimum absolute atomic E-state index is 0.0664. The van der Waals surface area contributed by atoms with Crippen LogP contribution in [0.2, 0.25) is 0 Å². The number of esters is 1. The van der Waals surface area contributed by atoms with E-state index in [9.17, 15) is 50.8 Å². The van der Waals surface area contributed by atoms with E-state index in [0.29, 0.717) is 56.9 Å². The fourth-order valence-electron chi connectivity index (χ4n) is 11.1. The Morgan fingerprint density at radius 3 is 2.31 bits per heavy atom. The summed E-state index contributed by atoms with van der Waals surface area (Å²) >= 11 is 0. The molecule has 3 aliphatic heterocycles. The van der Waals surface area contributed by atoms with Gasteiger partial charge in [-0.25, -0.2) is 4.79 Å². The normalized spacial score (nSPS) is 54.4. The van der Waals surface area contributed by atoms with Crippen molar-refractivity contribution in [3.63, 3.8) is 0 Å². The number of hydrogen-bond donors (Lipinski definition) is 9. The summed E-state index contributed by atoms with van der Waals surface area (Å²) in [5, 5.41) is 97.6. The molecule has 0 radical (unpaired) electrons. The molecule has 3 heterocycles. The zero-order valence-electron chi connectivity index (χ0n) is 27.6. The van der Waals surface area contributed by atoms with Gasteiger partial charge in [-0.3, -0.25) is 0 Å². The summed E-state index contributed by atoms with van der Waals surface area (Å²) in [6.07, 6.45) is -9.20. The van der Waals surface area contributed by atoms with Crippen molar-refractivity contribution in [2.24, 2.45) is 35.0 Å². The van der Waals surface area contributed by atoms with Crippen molar-refractivity contribution in [1.82, 2.24) is 0 Å². The molecule has 4 aliphatic carbocycles. The van der Waals surface area contributed by atoms with Gasteiger partial charge in [0.25, 0.3) is 0 Å². The molecule has 4 saturated carbocycles. The molecule has 7 rings (SSSR count). The molecule has 0 amide bonds. The number of cyclic esters (lactones) is 1. The number of hydrogen-bond acceptors (Lipinski definition) is 15. The van der Waals surface area contributed by atoms with Gasteiger partial charge >= 0.3 is 5.97 Å². The topological polar surface area (TPSA) is 245 Å². The highest BCUT2D eigenvalue weighted by Gasteiger charge is 2.67. The fourth-order valence-corrected chi connectivity index (χ4v) is 11.1. The van der Waals surface area contributed by atoms with Crippen molar-refractivity contribution in [2.75, 3.05) is 19.8 Å². The third-order valence-electron chi connectivity index (χ3n) is 13.5. The van der Waals surface area contributed by atoms with Crippen molar-refractivity contribution in [2.45, 2.75) is 138 Å². The first-order valence-corrected chi connectivity index (χ1v) is 17.9. The van der Waals surface area contributed by atoms with Gasteiger partial charge in [-0.05, 0) is 94.0 Å². The minimum atomic E-state index is -1.67. The molecular formula is C34H52O15. The molecule has 6 fully saturated rings. The van der Waals surface area contributed by atoms with Crippen molar-refractivity contribution in [3.05, 3.63) is 11.6 Å². The molecule has 2 saturated heterocycles. The van der Waals surface area contributed by atoms with Crippen LogP contribution in [-0.4, -0.2) is 151 Å². The summed E-state index contributed by atoms with van der Waals surface area (Å²) in [4.78, 5) is 12.4. The third-order valence-corrected chi connectivity index (χ3v) is 13.5. The second-order valence-electron chi connectivity index (χ2n) is 15.6. The second-order valence-corrected chi connectivity index (χ2v) is 15.6. The third kappa shape index (κ3) is 5.81. The molecule has 278 valence electrons. The van der Waals surface area contributed by atoms with Crippen molar-refractivity contribution in [3.8, 4) is 0 Å². The summed E-state index contributed by atoms with van der Waals surface area (Å²) in [6, 6.07) is 0. The maximum Gasteiger partial charge on any atom is 0.334 e. The van der Waals surface area contributed by atoms with Gasteiger partial charge in [0.2, 0.25) is 0 Å².